The molecule has 2 N–H and O–H groups in total. The van der Waals surface area contributed by atoms with Gasteiger partial charge in [-0.2, -0.15) is 0 Å². The summed E-state index contributed by atoms with van der Waals surface area (Å²) in [5, 5.41) is 16.5. The summed E-state index contributed by atoms with van der Waals surface area (Å²) < 4.78 is 0. The van der Waals surface area contributed by atoms with Crippen molar-refractivity contribution in [2.75, 3.05) is 18.4 Å². The number of fused-ring (bicyclic) bond motifs is 1. The fourth-order valence-electron chi connectivity index (χ4n) is 3.46. The highest BCUT2D eigenvalue weighted by Crippen LogP contribution is 2.27. The molecule has 1 atom stereocenters. The Morgan fingerprint density at radius 1 is 1.13 bits per heavy atom. The van der Waals surface area contributed by atoms with E-state index in [9.17, 15) is 24.5 Å². The van der Waals surface area contributed by atoms with Crippen LogP contribution in [-0.4, -0.2) is 40.8 Å². The number of carbonyl (C=O) groups is 3. The number of urea groups is 1. The van der Waals surface area contributed by atoms with E-state index in [0.29, 0.717) is 12.3 Å². The van der Waals surface area contributed by atoms with Crippen molar-refractivity contribution in [3.05, 3.63) is 69.3 Å². The molecule has 2 aromatic rings. The first-order valence-corrected chi connectivity index (χ1v) is 10.1. The van der Waals surface area contributed by atoms with Gasteiger partial charge in [-0.3, -0.25) is 24.6 Å². The molecule has 3 rings (SSSR count). The number of hydrogen-bond donors (Lipinski definition) is 2. The van der Waals surface area contributed by atoms with Crippen LogP contribution >= 0.6 is 0 Å². The zero-order chi connectivity index (χ0) is 22.5. The number of nitrogens with zero attached hydrogens (tertiary/aromatic N) is 2. The van der Waals surface area contributed by atoms with Crippen molar-refractivity contribution in [2.45, 2.75) is 32.6 Å². The monoisotopic (exact) mass is 424 g/mol. The molecular formula is C22H24N4O5. The minimum Gasteiger partial charge on any atom is -0.338 e. The molecule has 1 aliphatic rings. The summed E-state index contributed by atoms with van der Waals surface area (Å²) in [5.41, 5.74) is 1.75. The Kier molecular flexibility index (Phi) is 6.64. The summed E-state index contributed by atoms with van der Waals surface area (Å²) in [6, 6.07) is 10.9. The Labute approximate surface area is 179 Å². The first kappa shape index (κ1) is 21.9. The van der Waals surface area contributed by atoms with Gasteiger partial charge in [0.1, 0.15) is 0 Å². The zero-order valence-electron chi connectivity index (χ0n) is 17.4. The maximum atomic E-state index is 12.5. The Morgan fingerprint density at radius 2 is 1.84 bits per heavy atom. The lowest BCUT2D eigenvalue weighted by atomic mass is 9.97. The minimum absolute atomic E-state index is 0.0338. The van der Waals surface area contributed by atoms with Crippen molar-refractivity contribution in [3.63, 3.8) is 0 Å². The lowest BCUT2D eigenvalue weighted by molar-refractivity contribution is -0.384. The van der Waals surface area contributed by atoms with Gasteiger partial charge < -0.3 is 10.6 Å². The number of non-ortho nitro benzene ring substituents is 1. The average Bonchev–Trinajstić information content (AvgIpc) is 3.00. The fourth-order valence-corrected chi connectivity index (χ4v) is 3.46. The topological polar surface area (TPSA) is 122 Å². The third-order valence-corrected chi connectivity index (χ3v) is 5.36. The normalized spacial score (nSPS) is 13.7. The molecule has 2 aromatic carbocycles. The SMILES string of the molecule is CCC(C)c1ccccc1NC(=O)NCCCN1C(=O)c2ccc([N+](=O)[O-])cc2C1=O. The first-order valence-electron chi connectivity index (χ1n) is 10.1. The number of carbonyl (C=O) groups excluding carboxylic acids is 3. The lowest BCUT2D eigenvalue weighted by Crippen LogP contribution is -2.35. The van der Waals surface area contributed by atoms with E-state index in [1.807, 2.05) is 24.3 Å². The zero-order valence-corrected chi connectivity index (χ0v) is 17.4. The molecule has 0 spiro atoms. The number of anilines is 1. The van der Waals surface area contributed by atoms with Crippen molar-refractivity contribution in [1.29, 1.82) is 0 Å². The summed E-state index contributed by atoms with van der Waals surface area (Å²) >= 11 is 0. The van der Waals surface area contributed by atoms with Gasteiger partial charge in [-0.1, -0.05) is 32.0 Å². The van der Waals surface area contributed by atoms with Crippen molar-refractivity contribution < 1.29 is 19.3 Å². The number of imide groups is 1. The van der Waals surface area contributed by atoms with Crippen LogP contribution in [0, 0.1) is 10.1 Å². The van der Waals surface area contributed by atoms with Crippen molar-refractivity contribution in [1.82, 2.24) is 10.2 Å². The summed E-state index contributed by atoms with van der Waals surface area (Å²) in [6.45, 7) is 4.53. The van der Waals surface area contributed by atoms with Crippen LogP contribution in [0.15, 0.2) is 42.5 Å². The maximum Gasteiger partial charge on any atom is 0.319 e. The van der Waals surface area contributed by atoms with Crippen LogP contribution in [0.25, 0.3) is 0 Å². The molecule has 0 bridgehead atoms. The number of amides is 4. The predicted molar refractivity (Wildman–Crippen MR) is 115 cm³/mol. The van der Waals surface area contributed by atoms with Crippen LogP contribution in [0.1, 0.15) is 58.9 Å². The van der Waals surface area contributed by atoms with Gasteiger partial charge >= 0.3 is 6.03 Å². The number of nitro benzene ring substituents is 1. The third kappa shape index (κ3) is 4.71. The second-order valence-corrected chi connectivity index (χ2v) is 7.38. The van der Waals surface area contributed by atoms with Gasteiger partial charge in [0.05, 0.1) is 16.1 Å². The molecule has 0 radical (unpaired) electrons. The smallest absolute Gasteiger partial charge is 0.319 e. The Bertz CT molecular complexity index is 1040. The summed E-state index contributed by atoms with van der Waals surface area (Å²) in [7, 11) is 0. The average molecular weight is 424 g/mol. The molecule has 0 saturated heterocycles. The number of benzene rings is 2. The van der Waals surface area contributed by atoms with Crippen LogP contribution < -0.4 is 10.6 Å². The quantitative estimate of drug-likeness (QED) is 0.288. The van der Waals surface area contributed by atoms with E-state index in [-0.39, 0.29) is 35.9 Å². The van der Waals surface area contributed by atoms with Crippen LogP contribution in [-0.2, 0) is 0 Å². The molecule has 0 fully saturated rings. The van der Waals surface area contributed by atoms with Crippen molar-refractivity contribution in [3.8, 4) is 0 Å². The highest BCUT2D eigenvalue weighted by molar-refractivity contribution is 6.21. The Balaban J connectivity index is 1.52. The van der Waals surface area contributed by atoms with E-state index >= 15 is 0 Å². The predicted octanol–water partition coefficient (Wildman–Crippen LogP) is 3.92. The second-order valence-electron chi connectivity index (χ2n) is 7.38. The third-order valence-electron chi connectivity index (χ3n) is 5.36. The largest absolute Gasteiger partial charge is 0.338 e. The molecule has 1 aliphatic heterocycles. The Hall–Kier alpha value is -3.75. The molecule has 162 valence electrons. The summed E-state index contributed by atoms with van der Waals surface area (Å²) in [4.78, 5) is 48.5. The van der Waals surface area contributed by atoms with Gasteiger partial charge in [0.15, 0.2) is 0 Å². The lowest BCUT2D eigenvalue weighted by Gasteiger charge is -2.16. The Morgan fingerprint density at radius 3 is 2.55 bits per heavy atom. The van der Waals surface area contributed by atoms with E-state index in [0.717, 1.165) is 28.6 Å². The van der Waals surface area contributed by atoms with E-state index in [2.05, 4.69) is 24.5 Å². The van der Waals surface area contributed by atoms with Crippen molar-refractivity contribution >= 4 is 29.2 Å². The van der Waals surface area contributed by atoms with E-state index in [1.54, 1.807) is 0 Å². The fraction of sp³-hybridized carbons (Fsp3) is 0.318. The molecule has 0 aliphatic carbocycles. The van der Waals surface area contributed by atoms with Gasteiger partial charge in [-0.15, -0.1) is 0 Å². The number of para-hydroxylation sites is 1. The van der Waals surface area contributed by atoms with Crippen molar-refractivity contribution in [2.24, 2.45) is 0 Å². The van der Waals surface area contributed by atoms with E-state index in [1.165, 1.54) is 12.1 Å². The number of hydrogen-bond acceptors (Lipinski definition) is 5. The molecule has 31 heavy (non-hydrogen) atoms. The van der Waals surface area contributed by atoms with Crippen LogP contribution in [0.4, 0.5) is 16.2 Å². The molecule has 9 heteroatoms. The van der Waals surface area contributed by atoms with Gasteiger partial charge in [0.25, 0.3) is 17.5 Å². The van der Waals surface area contributed by atoms with Gasteiger partial charge in [0.2, 0.25) is 0 Å². The molecule has 0 saturated carbocycles. The van der Waals surface area contributed by atoms with Gasteiger partial charge in [-0.05, 0) is 36.5 Å². The molecule has 9 nitrogen and oxygen atoms in total. The molecule has 4 amide bonds. The van der Waals surface area contributed by atoms with Gasteiger partial charge in [-0.25, -0.2) is 4.79 Å². The number of rotatable bonds is 8. The number of nitro groups is 1. The molecular weight excluding hydrogens is 400 g/mol. The molecule has 1 unspecified atom stereocenters. The van der Waals surface area contributed by atoms with Crippen LogP contribution in [0.5, 0.6) is 0 Å². The molecule has 0 aromatic heterocycles. The number of nitrogens with one attached hydrogen (secondary N) is 2. The first-order chi connectivity index (χ1) is 14.8. The van der Waals surface area contributed by atoms with E-state index < -0.39 is 16.7 Å². The summed E-state index contributed by atoms with van der Waals surface area (Å²) in [5.74, 6) is -0.737. The maximum absolute atomic E-state index is 12.5. The minimum atomic E-state index is -0.608. The van der Waals surface area contributed by atoms with Crippen LogP contribution in [0.2, 0.25) is 0 Å². The second kappa shape index (κ2) is 9.38. The van der Waals surface area contributed by atoms with E-state index in [4.69, 9.17) is 0 Å². The van der Waals surface area contributed by atoms with Crippen LogP contribution in [0.3, 0.4) is 0 Å². The standard InChI is InChI=1S/C22H24N4O5/c1-3-14(2)16-7-4-5-8-19(16)24-22(29)23-11-6-12-25-20(27)17-10-9-15(26(30)31)13-18(17)21(25)28/h4-5,7-10,13-14H,3,6,11-12H2,1-2H3,(H2,23,24,29). The highest BCUT2D eigenvalue weighted by atomic mass is 16.6. The summed E-state index contributed by atoms with van der Waals surface area (Å²) in [6.07, 6.45) is 1.30. The molecule has 1 heterocycles. The highest BCUT2D eigenvalue weighted by Gasteiger charge is 2.36. The van der Waals surface area contributed by atoms with Gasteiger partial charge in [0, 0.05) is 30.9 Å².